The highest BCUT2D eigenvalue weighted by molar-refractivity contribution is 4.51. The topological polar surface area (TPSA) is 29.5 Å². The molecule has 0 saturated carbocycles. The van der Waals surface area contributed by atoms with E-state index in [-0.39, 0.29) is 6.61 Å². The Hall–Kier alpha value is -0.290. The Kier molecular flexibility index (Phi) is 2.93. The van der Waals surface area contributed by atoms with Gasteiger partial charge in [0.05, 0.1) is 0 Å². The average molecular weight is 144 g/mol. The van der Waals surface area contributed by atoms with Crippen LogP contribution in [0.4, 0.5) is 13.2 Å². The molecule has 0 aromatic heterocycles. The Labute approximate surface area is 50.2 Å². The van der Waals surface area contributed by atoms with E-state index in [1.807, 2.05) is 0 Å². The van der Waals surface area contributed by atoms with E-state index in [0.717, 1.165) is 0 Å². The standard InChI is InChI=1S/C4H7F3O2/c1-2-9-3(8)4(5,6)7/h3,8H,2H2,1H3/t3-/m0/s1. The molecule has 0 aliphatic carbocycles. The van der Waals surface area contributed by atoms with Gasteiger partial charge in [-0.2, -0.15) is 13.2 Å². The third-order valence-electron chi connectivity index (χ3n) is 0.605. The number of halogens is 3. The van der Waals surface area contributed by atoms with E-state index in [0.29, 0.717) is 0 Å². The minimum atomic E-state index is -4.66. The molecule has 0 saturated heterocycles. The number of rotatable bonds is 2. The zero-order valence-corrected chi connectivity index (χ0v) is 4.77. The van der Waals surface area contributed by atoms with E-state index >= 15 is 0 Å². The lowest BCUT2D eigenvalue weighted by atomic mass is 10.6. The van der Waals surface area contributed by atoms with Gasteiger partial charge in [0, 0.05) is 6.61 Å². The molecule has 0 fully saturated rings. The fourth-order valence-corrected chi connectivity index (χ4v) is 0.252. The van der Waals surface area contributed by atoms with Crippen LogP contribution in [0.25, 0.3) is 0 Å². The van der Waals surface area contributed by atoms with Gasteiger partial charge in [-0.1, -0.05) is 0 Å². The second-order valence-corrected chi connectivity index (χ2v) is 1.35. The summed E-state index contributed by atoms with van der Waals surface area (Å²) in [5, 5.41) is 8.04. The molecule has 2 nitrogen and oxygen atoms in total. The lowest BCUT2D eigenvalue weighted by molar-refractivity contribution is -0.292. The molecule has 0 aromatic rings. The van der Waals surface area contributed by atoms with Crippen molar-refractivity contribution in [1.29, 1.82) is 0 Å². The summed E-state index contributed by atoms with van der Waals surface area (Å²) in [5.74, 6) is 0. The molecule has 0 rings (SSSR count). The van der Waals surface area contributed by atoms with Crippen LogP contribution in [0, 0.1) is 0 Å². The molecular weight excluding hydrogens is 137 g/mol. The van der Waals surface area contributed by atoms with Crippen LogP contribution in [0.1, 0.15) is 6.92 Å². The smallest absolute Gasteiger partial charge is 0.361 e. The molecule has 0 heterocycles. The Balaban J connectivity index is 3.59. The molecular formula is C4H7F3O2. The first kappa shape index (κ1) is 8.71. The molecule has 0 aromatic carbocycles. The van der Waals surface area contributed by atoms with Crippen molar-refractivity contribution in [3.63, 3.8) is 0 Å². The number of aliphatic hydroxyl groups is 1. The molecule has 0 radical (unpaired) electrons. The maximum atomic E-state index is 11.3. The lowest BCUT2D eigenvalue weighted by Gasteiger charge is -2.12. The van der Waals surface area contributed by atoms with Crippen molar-refractivity contribution in [3.8, 4) is 0 Å². The van der Waals surface area contributed by atoms with Crippen molar-refractivity contribution in [2.45, 2.75) is 19.4 Å². The van der Waals surface area contributed by atoms with Gasteiger partial charge in [0.15, 0.2) is 0 Å². The molecule has 1 atom stereocenters. The molecule has 56 valence electrons. The molecule has 5 heteroatoms. The first-order valence-electron chi connectivity index (χ1n) is 2.35. The van der Waals surface area contributed by atoms with Crippen molar-refractivity contribution in [1.82, 2.24) is 0 Å². The van der Waals surface area contributed by atoms with Crippen LogP contribution in [-0.2, 0) is 4.74 Å². The maximum Gasteiger partial charge on any atom is 0.439 e. The Bertz CT molecular complexity index is 80.4. The number of hydrogen-bond donors (Lipinski definition) is 1. The summed E-state index contributed by atoms with van der Waals surface area (Å²) in [7, 11) is 0. The fraction of sp³-hybridized carbons (Fsp3) is 1.00. The van der Waals surface area contributed by atoms with Gasteiger partial charge in [-0.25, -0.2) is 0 Å². The van der Waals surface area contributed by atoms with Gasteiger partial charge in [-0.05, 0) is 6.92 Å². The first-order chi connectivity index (χ1) is 3.98. The van der Waals surface area contributed by atoms with Crippen molar-refractivity contribution in [2.24, 2.45) is 0 Å². The van der Waals surface area contributed by atoms with Crippen molar-refractivity contribution < 1.29 is 23.0 Å². The van der Waals surface area contributed by atoms with Crippen LogP contribution in [0.15, 0.2) is 0 Å². The van der Waals surface area contributed by atoms with Gasteiger partial charge in [0.25, 0.3) is 6.29 Å². The van der Waals surface area contributed by atoms with E-state index in [9.17, 15) is 13.2 Å². The van der Waals surface area contributed by atoms with Crippen LogP contribution < -0.4 is 0 Å². The molecule has 0 bridgehead atoms. The van der Waals surface area contributed by atoms with Gasteiger partial charge in [-0.15, -0.1) is 0 Å². The van der Waals surface area contributed by atoms with E-state index < -0.39 is 12.5 Å². The maximum absolute atomic E-state index is 11.3. The molecule has 9 heavy (non-hydrogen) atoms. The van der Waals surface area contributed by atoms with Crippen molar-refractivity contribution >= 4 is 0 Å². The molecule has 0 unspecified atom stereocenters. The number of ether oxygens (including phenoxy) is 1. The minimum absolute atomic E-state index is 0.152. The summed E-state index contributed by atoms with van der Waals surface area (Å²) < 4.78 is 37.6. The zero-order valence-electron chi connectivity index (χ0n) is 4.77. The normalized spacial score (nSPS) is 15.7. The summed E-state index contributed by atoms with van der Waals surface area (Å²) in [5.41, 5.74) is 0. The number of hydrogen-bond acceptors (Lipinski definition) is 2. The second-order valence-electron chi connectivity index (χ2n) is 1.35. The predicted octanol–water partition coefficient (Wildman–Crippen LogP) is 0.904. The van der Waals surface area contributed by atoms with Crippen LogP contribution in [-0.4, -0.2) is 24.2 Å². The van der Waals surface area contributed by atoms with E-state index in [4.69, 9.17) is 5.11 Å². The zero-order chi connectivity index (χ0) is 7.49. The summed E-state index contributed by atoms with van der Waals surface area (Å²) >= 11 is 0. The summed E-state index contributed by atoms with van der Waals surface area (Å²) in [6.07, 6.45) is -7.29. The fourth-order valence-electron chi connectivity index (χ4n) is 0.252. The largest absolute Gasteiger partial charge is 0.439 e. The van der Waals surface area contributed by atoms with Gasteiger partial charge in [0.2, 0.25) is 0 Å². The van der Waals surface area contributed by atoms with Gasteiger partial charge in [-0.3, -0.25) is 0 Å². The van der Waals surface area contributed by atoms with E-state index in [2.05, 4.69) is 4.74 Å². The molecule has 0 amide bonds. The van der Waals surface area contributed by atoms with Crippen LogP contribution in [0.5, 0.6) is 0 Å². The Morgan fingerprint density at radius 3 is 2.11 bits per heavy atom. The van der Waals surface area contributed by atoms with Gasteiger partial charge < -0.3 is 9.84 Å². The van der Waals surface area contributed by atoms with E-state index in [1.54, 1.807) is 0 Å². The third-order valence-corrected chi connectivity index (χ3v) is 0.605. The van der Waals surface area contributed by atoms with Crippen LogP contribution in [0.2, 0.25) is 0 Å². The van der Waals surface area contributed by atoms with Crippen molar-refractivity contribution in [3.05, 3.63) is 0 Å². The van der Waals surface area contributed by atoms with E-state index in [1.165, 1.54) is 6.92 Å². The van der Waals surface area contributed by atoms with Crippen LogP contribution >= 0.6 is 0 Å². The monoisotopic (exact) mass is 144 g/mol. The Morgan fingerprint density at radius 2 is 2.00 bits per heavy atom. The third kappa shape index (κ3) is 3.31. The van der Waals surface area contributed by atoms with Crippen LogP contribution in [0.3, 0.4) is 0 Å². The highest BCUT2D eigenvalue weighted by Gasteiger charge is 2.38. The lowest BCUT2D eigenvalue weighted by Crippen LogP contribution is -2.31. The highest BCUT2D eigenvalue weighted by Crippen LogP contribution is 2.20. The summed E-state index contributed by atoms with van der Waals surface area (Å²) in [6, 6.07) is 0. The van der Waals surface area contributed by atoms with Crippen molar-refractivity contribution in [2.75, 3.05) is 6.61 Å². The van der Waals surface area contributed by atoms with Gasteiger partial charge >= 0.3 is 6.18 Å². The molecule has 1 N–H and O–H groups in total. The average Bonchev–Trinajstić information content (AvgIpc) is 1.64. The Morgan fingerprint density at radius 1 is 1.56 bits per heavy atom. The number of alkyl halides is 3. The summed E-state index contributed by atoms with van der Waals surface area (Å²) in [4.78, 5) is 0. The summed E-state index contributed by atoms with van der Waals surface area (Å²) in [6.45, 7) is 1.22. The molecule has 0 spiro atoms. The predicted molar refractivity (Wildman–Crippen MR) is 23.7 cm³/mol. The highest BCUT2D eigenvalue weighted by atomic mass is 19.4. The molecule has 0 aliphatic rings. The van der Waals surface area contributed by atoms with Gasteiger partial charge in [0.1, 0.15) is 0 Å². The molecule has 0 aliphatic heterocycles. The number of aliphatic hydroxyl groups excluding tert-OH is 1. The minimum Gasteiger partial charge on any atom is -0.361 e. The second kappa shape index (κ2) is 3.03. The SMILES string of the molecule is CCO[C@H](O)C(F)(F)F. The quantitative estimate of drug-likeness (QED) is 0.583. The first-order valence-corrected chi connectivity index (χ1v) is 2.35.